The monoisotopic (exact) mass is 572 g/mol. The van der Waals surface area contributed by atoms with Crippen LogP contribution < -0.4 is 5.32 Å². The van der Waals surface area contributed by atoms with E-state index in [1.807, 2.05) is 85.8 Å². The minimum Gasteiger partial charge on any atom is -0.354 e. The quantitative estimate of drug-likeness (QED) is 0.244. The van der Waals surface area contributed by atoms with Crippen molar-refractivity contribution in [3.63, 3.8) is 0 Å². The number of rotatable bonds is 12. The van der Waals surface area contributed by atoms with E-state index < -0.39 is 6.04 Å². The second kappa shape index (κ2) is 14.3. The van der Waals surface area contributed by atoms with Crippen molar-refractivity contribution in [3.05, 3.63) is 99.5 Å². The maximum atomic E-state index is 13.6. The summed E-state index contributed by atoms with van der Waals surface area (Å²) in [5.74, 6) is 0.452. The molecule has 0 spiro atoms. The highest BCUT2D eigenvalue weighted by atomic mass is 79.9. The molecule has 3 aromatic rings. The van der Waals surface area contributed by atoms with Gasteiger partial charge in [-0.15, -0.1) is 11.8 Å². The van der Waals surface area contributed by atoms with Crippen LogP contribution in [0, 0.1) is 0 Å². The predicted molar refractivity (Wildman–Crippen MR) is 149 cm³/mol. The molecule has 1 N–H and O–H groups in total. The van der Waals surface area contributed by atoms with Crippen molar-refractivity contribution in [1.82, 2.24) is 10.2 Å². The molecule has 0 bridgehead atoms. The first kappa shape index (κ1) is 27.3. The van der Waals surface area contributed by atoms with Gasteiger partial charge in [-0.1, -0.05) is 76.9 Å². The number of amides is 2. The van der Waals surface area contributed by atoms with Crippen molar-refractivity contribution in [3.8, 4) is 0 Å². The average Bonchev–Trinajstić information content (AvgIpc) is 2.86. The third-order valence-corrected chi connectivity index (χ3v) is 7.22. The Morgan fingerprint density at radius 3 is 2.40 bits per heavy atom. The second-order valence-corrected chi connectivity index (χ2v) is 10.7. The predicted octanol–water partition coefficient (Wildman–Crippen LogP) is 6.75. The fourth-order valence-corrected chi connectivity index (χ4v) is 5.10. The number of nitrogens with one attached hydrogen (secondary N) is 1. The maximum absolute atomic E-state index is 13.6. The van der Waals surface area contributed by atoms with Crippen LogP contribution in [0.25, 0.3) is 0 Å². The van der Waals surface area contributed by atoms with Crippen molar-refractivity contribution in [2.45, 2.75) is 43.7 Å². The van der Waals surface area contributed by atoms with Gasteiger partial charge in [0.15, 0.2) is 0 Å². The number of hydrogen-bond donors (Lipinski definition) is 1. The number of carbonyl (C=O) groups is 2. The van der Waals surface area contributed by atoms with Crippen molar-refractivity contribution in [2.24, 2.45) is 0 Å². The highest BCUT2D eigenvalue weighted by Gasteiger charge is 2.30. The fraction of sp³-hybridized carbons (Fsp3) is 0.286. The van der Waals surface area contributed by atoms with Crippen LogP contribution >= 0.6 is 39.3 Å². The van der Waals surface area contributed by atoms with Crippen LogP contribution in [0.4, 0.5) is 0 Å². The second-order valence-electron chi connectivity index (χ2n) is 8.20. The lowest BCUT2D eigenvalue weighted by Crippen LogP contribution is -2.50. The van der Waals surface area contributed by atoms with Crippen LogP contribution in [-0.4, -0.2) is 35.1 Å². The summed E-state index contributed by atoms with van der Waals surface area (Å²) in [5, 5.41) is 3.70. The van der Waals surface area contributed by atoms with Gasteiger partial charge in [-0.3, -0.25) is 9.59 Å². The van der Waals surface area contributed by atoms with E-state index in [-0.39, 0.29) is 11.8 Å². The molecule has 184 valence electrons. The van der Waals surface area contributed by atoms with Crippen LogP contribution in [0.15, 0.2) is 88.2 Å². The smallest absolute Gasteiger partial charge is 0.243 e. The van der Waals surface area contributed by atoms with E-state index in [0.717, 1.165) is 26.9 Å². The lowest BCUT2D eigenvalue weighted by molar-refractivity contribution is -0.141. The molecule has 0 heterocycles. The van der Waals surface area contributed by atoms with Gasteiger partial charge in [-0.05, 0) is 53.9 Å². The molecule has 7 heteroatoms. The normalized spacial score (nSPS) is 11.6. The molecular formula is C28H30BrClN2O2S. The van der Waals surface area contributed by atoms with Gasteiger partial charge < -0.3 is 10.2 Å². The molecule has 35 heavy (non-hydrogen) atoms. The van der Waals surface area contributed by atoms with Gasteiger partial charge in [0.1, 0.15) is 6.04 Å². The SMILES string of the molecule is CCCNC(=O)[C@H](Cc1ccccc1)N(Cc1cccc(Br)c1)C(=O)CCSc1ccc(Cl)cc1. The van der Waals surface area contributed by atoms with Gasteiger partial charge >= 0.3 is 0 Å². The third kappa shape index (κ3) is 9.02. The summed E-state index contributed by atoms with van der Waals surface area (Å²) < 4.78 is 0.940. The molecule has 3 rings (SSSR count). The molecule has 0 unspecified atom stereocenters. The Kier molecular flexibility index (Phi) is 11.2. The summed E-state index contributed by atoms with van der Waals surface area (Å²) in [5.41, 5.74) is 1.99. The summed E-state index contributed by atoms with van der Waals surface area (Å²) >= 11 is 11.1. The number of carbonyl (C=O) groups excluding carboxylic acids is 2. The topological polar surface area (TPSA) is 49.4 Å². The Morgan fingerprint density at radius 2 is 1.71 bits per heavy atom. The van der Waals surface area contributed by atoms with Crippen molar-refractivity contribution < 1.29 is 9.59 Å². The Morgan fingerprint density at radius 1 is 1.00 bits per heavy atom. The van der Waals surface area contributed by atoms with Gasteiger partial charge in [-0.25, -0.2) is 0 Å². The minimum atomic E-state index is -0.601. The van der Waals surface area contributed by atoms with Crippen LogP contribution in [0.2, 0.25) is 5.02 Å². The van der Waals surface area contributed by atoms with E-state index in [1.54, 1.807) is 16.7 Å². The summed E-state index contributed by atoms with van der Waals surface area (Å²) in [6.07, 6.45) is 1.62. The first-order valence-corrected chi connectivity index (χ1v) is 13.9. The number of nitrogens with zero attached hydrogens (tertiary/aromatic N) is 1. The first-order valence-electron chi connectivity index (χ1n) is 11.7. The van der Waals surface area contributed by atoms with E-state index in [1.165, 1.54) is 0 Å². The Hall–Kier alpha value is -2.28. The molecule has 0 fully saturated rings. The van der Waals surface area contributed by atoms with Crippen molar-refractivity contribution in [2.75, 3.05) is 12.3 Å². The lowest BCUT2D eigenvalue weighted by Gasteiger charge is -2.31. The Labute approximate surface area is 225 Å². The molecule has 0 saturated heterocycles. The maximum Gasteiger partial charge on any atom is 0.243 e. The number of thioether (sulfide) groups is 1. The standard InChI is InChI=1S/C28H30BrClN2O2S/c1-2-16-31-28(34)26(19-21-7-4-3-5-8-21)32(20-22-9-6-10-23(29)18-22)27(33)15-17-35-25-13-11-24(30)12-14-25/h3-14,18,26H,2,15-17,19-20H2,1H3,(H,31,34)/t26-/m0/s1. The lowest BCUT2D eigenvalue weighted by atomic mass is 10.0. The number of hydrogen-bond acceptors (Lipinski definition) is 3. The molecule has 4 nitrogen and oxygen atoms in total. The van der Waals surface area contributed by atoms with Gasteiger partial charge in [-0.2, -0.15) is 0 Å². The van der Waals surface area contributed by atoms with Gasteiger partial charge in [0.2, 0.25) is 11.8 Å². The van der Waals surface area contributed by atoms with Crippen molar-refractivity contribution >= 4 is 51.1 Å². The van der Waals surface area contributed by atoms with Gasteiger partial charge in [0.25, 0.3) is 0 Å². The van der Waals surface area contributed by atoms with Crippen LogP contribution in [-0.2, 0) is 22.6 Å². The van der Waals surface area contributed by atoms with Gasteiger partial charge in [0.05, 0.1) is 0 Å². The van der Waals surface area contributed by atoms with Crippen molar-refractivity contribution in [1.29, 1.82) is 0 Å². The molecule has 0 saturated carbocycles. The molecular weight excluding hydrogens is 544 g/mol. The molecule has 1 atom stereocenters. The van der Waals surface area contributed by atoms with Crippen LogP contribution in [0.3, 0.4) is 0 Å². The zero-order chi connectivity index (χ0) is 25.0. The van der Waals surface area contributed by atoms with E-state index in [4.69, 9.17) is 11.6 Å². The van der Waals surface area contributed by atoms with Crippen LogP contribution in [0.5, 0.6) is 0 Å². The average molecular weight is 574 g/mol. The molecule has 0 aliphatic rings. The fourth-order valence-electron chi connectivity index (χ4n) is 3.68. The first-order chi connectivity index (χ1) is 17.0. The van der Waals surface area contributed by atoms with E-state index in [0.29, 0.717) is 36.7 Å². The third-order valence-electron chi connectivity index (χ3n) is 5.46. The van der Waals surface area contributed by atoms with Gasteiger partial charge in [0, 0.05) is 46.1 Å². The molecule has 3 aromatic carbocycles. The molecule has 0 radical (unpaired) electrons. The molecule has 0 aliphatic heterocycles. The highest BCUT2D eigenvalue weighted by Crippen LogP contribution is 2.23. The van der Waals surface area contributed by atoms with E-state index >= 15 is 0 Å². The Bertz CT molecular complexity index is 1100. The zero-order valence-corrected chi connectivity index (χ0v) is 22.9. The summed E-state index contributed by atoms with van der Waals surface area (Å²) in [6.45, 7) is 2.96. The largest absolute Gasteiger partial charge is 0.354 e. The molecule has 0 aromatic heterocycles. The van der Waals surface area contributed by atoms with Crippen LogP contribution in [0.1, 0.15) is 30.9 Å². The number of halogens is 2. The Balaban J connectivity index is 1.82. The summed E-state index contributed by atoms with van der Waals surface area (Å²) in [4.78, 5) is 29.7. The minimum absolute atomic E-state index is 0.0426. The molecule has 2 amide bonds. The summed E-state index contributed by atoms with van der Waals surface area (Å²) in [6, 6.07) is 24.7. The number of benzene rings is 3. The van der Waals surface area contributed by atoms with E-state index in [9.17, 15) is 9.59 Å². The highest BCUT2D eigenvalue weighted by molar-refractivity contribution is 9.10. The zero-order valence-electron chi connectivity index (χ0n) is 19.8. The summed E-state index contributed by atoms with van der Waals surface area (Å²) in [7, 11) is 0. The molecule has 0 aliphatic carbocycles. The van der Waals surface area contributed by atoms with E-state index in [2.05, 4.69) is 21.2 Å².